The quantitative estimate of drug-likeness (QED) is 0.634. The van der Waals surface area contributed by atoms with Gasteiger partial charge in [0.15, 0.2) is 0 Å². The average Bonchev–Trinajstić information content (AvgIpc) is 3.05. The van der Waals surface area contributed by atoms with Gasteiger partial charge in [-0.15, -0.1) is 0 Å². The summed E-state index contributed by atoms with van der Waals surface area (Å²) in [7, 11) is 1.54. The average molecular weight is 437 g/mol. The SMILES string of the molecule is COc1cc(N2Cc3ccccc3C2=O)ccc1NC(=O)c1cccc(Br)c1. The maximum Gasteiger partial charge on any atom is 0.258 e. The third-order valence-corrected chi connectivity index (χ3v) is 5.15. The molecule has 1 aliphatic heterocycles. The molecule has 0 saturated carbocycles. The molecule has 28 heavy (non-hydrogen) atoms. The third-order valence-electron chi connectivity index (χ3n) is 4.65. The molecule has 1 heterocycles. The minimum atomic E-state index is -0.239. The molecule has 3 aromatic rings. The second-order valence-corrected chi connectivity index (χ2v) is 7.31. The van der Waals surface area contributed by atoms with Crippen LogP contribution >= 0.6 is 15.9 Å². The number of anilines is 2. The highest BCUT2D eigenvalue weighted by Crippen LogP contribution is 2.34. The topological polar surface area (TPSA) is 58.6 Å². The van der Waals surface area contributed by atoms with Gasteiger partial charge in [0.05, 0.1) is 19.3 Å². The Balaban J connectivity index is 1.59. The van der Waals surface area contributed by atoms with Gasteiger partial charge < -0.3 is 15.0 Å². The van der Waals surface area contributed by atoms with Gasteiger partial charge in [0.2, 0.25) is 0 Å². The minimum absolute atomic E-state index is 0.0384. The molecule has 2 amide bonds. The molecule has 5 nitrogen and oxygen atoms in total. The molecule has 3 aromatic carbocycles. The van der Waals surface area contributed by atoms with Crippen molar-refractivity contribution in [2.75, 3.05) is 17.3 Å². The Labute approximate surface area is 171 Å². The van der Waals surface area contributed by atoms with Crippen LogP contribution in [0.2, 0.25) is 0 Å². The van der Waals surface area contributed by atoms with Crippen molar-refractivity contribution in [2.45, 2.75) is 6.54 Å². The van der Waals surface area contributed by atoms with Gasteiger partial charge in [-0.1, -0.05) is 40.2 Å². The first-order chi connectivity index (χ1) is 13.6. The van der Waals surface area contributed by atoms with Gasteiger partial charge in [-0.3, -0.25) is 9.59 Å². The maximum absolute atomic E-state index is 12.7. The van der Waals surface area contributed by atoms with Crippen LogP contribution < -0.4 is 15.0 Å². The number of nitrogens with zero attached hydrogens (tertiary/aromatic N) is 1. The van der Waals surface area contributed by atoms with E-state index in [1.807, 2.05) is 36.4 Å². The zero-order chi connectivity index (χ0) is 19.7. The van der Waals surface area contributed by atoms with E-state index in [1.54, 1.807) is 35.2 Å². The molecule has 140 valence electrons. The standard InChI is InChI=1S/C22H17BrN2O3/c1-28-20-12-17(25-13-15-5-2-3-8-18(15)22(25)27)9-10-19(20)24-21(26)14-6-4-7-16(23)11-14/h2-12H,13H2,1H3,(H,24,26). The smallest absolute Gasteiger partial charge is 0.258 e. The van der Waals surface area contributed by atoms with Crippen LogP contribution in [0.15, 0.2) is 71.2 Å². The summed E-state index contributed by atoms with van der Waals surface area (Å²) in [6, 6.07) is 20.0. The number of carbonyl (C=O) groups excluding carboxylic acids is 2. The number of rotatable bonds is 4. The van der Waals surface area contributed by atoms with Crippen molar-refractivity contribution in [3.63, 3.8) is 0 Å². The lowest BCUT2D eigenvalue weighted by Gasteiger charge is -2.18. The lowest BCUT2D eigenvalue weighted by molar-refractivity contribution is 0.0994. The number of carbonyl (C=O) groups is 2. The molecule has 0 atom stereocenters. The summed E-state index contributed by atoms with van der Waals surface area (Å²) in [5.41, 5.74) is 3.51. The molecule has 0 saturated heterocycles. The zero-order valence-corrected chi connectivity index (χ0v) is 16.7. The Bertz CT molecular complexity index is 1080. The van der Waals surface area contributed by atoms with Gasteiger partial charge in [0, 0.05) is 27.4 Å². The van der Waals surface area contributed by atoms with E-state index >= 15 is 0 Å². The fourth-order valence-electron chi connectivity index (χ4n) is 3.24. The van der Waals surface area contributed by atoms with E-state index in [4.69, 9.17) is 4.74 Å². The highest BCUT2D eigenvalue weighted by atomic mass is 79.9. The van der Waals surface area contributed by atoms with Gasteiger partial charge in [-0.2, -0.15) is 0 Å². The lowest BCUT2D eigenvalue weighted by Crippen LogP contribution is -2.23. The summed E-state index contributed by atoms with van der Waals surface area (Å²) in [6.45, 7) is 0.516. The van der Waals surface area contributed by atoms with Crippen LogP contribution in [0.3, 0.4) is 0 Å². The molecule has 6 heteroatoms. The van der Waals surface area contributed by atoms with Crippen LogP contribution in [0.4, 0.5) is 11.4 Å². The predicted molar refractivity (Wildman–Crippen MR) is 112 cm³/mol. The lowest BCUT2D eigenvalue weighted by atomic mass is 10.1. The molecule has 0 aromatic heterocycles. The largest absolute Gasteiger partial charge is 0.494 e. The summed E-state index contributed by atoms with van der Waals surface area (Å²) >= 11 is 3.37. The van der Waals surface area contributed by atoms with E-state index in [2.05, 4.69) is 21.2 Å². The van der Waals surface area contributed by atoms with Gasteiger partial charge in [0.1, 0.15) is 5.75 Å². The van der Waals surface area contributed by atoms with Crippen LogP contribution in [0.25, 0.3) is 0 Å². The first kappa shape index (κ1) is 18.3. The van der Waals surface area contributed by atoms with Crippen LogP contribution in [-0.2, 0) is 6.54 Å². The minimum Gasteiger partial charge on any atom is -0.494 e. The van der Waals surface area contributed by atoms with E-state index in [-0.39, 0.29) is 11.8 Å². The molecule has 0 fully saturated rings. The van der Waals surface area contributed by atoms with Crippen LogP contribution in [0.5, 0.6) is 5.75 Å². The van der Waals surface area contributed by atoms with Gasteiger partial charge in [0.25, 0.3) is 11.8 Å². The Morgan fingerprint density at radius 3 is 2.64 bits per heavy atom. The number of methoxy groups -OCH3 is 1. The third kappa shape index (κ3) is 3.39. The van der Waals surface area contributed by atoms with Crippen LogP contribution in [0.1, 0.15) is 26.3 Å². The first-order valence-corrected chi connectivity index (χ1v) is 9.51. The molecule has 0 bridgehead atoms. The molecular weight excluding hydrogens is 420 g/mol. The Kier molecular flexibility index (Phi) is 4.88. The van der Waals surface area contributed by atoms with E-state index in [0.717, 1.165) is 15.7 Å². The van der Waals surface area contributed by atoms with Crippen LogP contribution in [0, 0.1) is 0 Å². The molecular formula is C22H17BrN2O3. The second-order valence-electron chi connectivity index (χ2n) is 6.40. The van der Waals surface area contributed by atoms with Crippen molar-refractivity contribution in [1.29, 1.82) is 0 Å². The molecule has 4 rings (SSSR count). The highest BCUT2D eigenvalue weighted by molar-refractivity contribution is 9.10. The highest BCUT2D eigenvalue weighted by Gasteiger charge is 2.28. The van der Waals surface area contributed by atoms with Gasteiger partial charge >= 0.3 is 0 Å². The Morgan fingerprint density at radius 2 is 1.89 bits per heavy atom. The number of nitrogens with one attached hydrogen (secondary N) is 1. The summed E-state index contributed by atoms with van der Waals surface area (Å²) in [5, 5.41) is 2.86. The predicted octanol–water partition coefficient (Wildman–Crippen LogP) is 4.87. The number of halogens is 1. The Hall–Kier alpha value is -3.12. The van der Waals surface area contributed by atoms with Crippen LogP contribution in [-0.4, -0.2) is 18.9 Å². The number of amides is 2. The number of benzene rings is 3. The van der Waals surface area contributed by atoms with E-state index in [9.17, 15) is 9.59 Å². The van der Waals surface area contributed by atoms with E-state index in [1.165, 1.54) is 7.11 Å². The summed E-state index contributed by atoms with van der Waals surface area (Å²) in [6.07, 6.45) is 0. The van der Waals surface area contributed by atoms with Crippen molar-refractivity contribution < 1.29 is 14.3 Å². The van der Waals surface area contributed by atoms with Gasteiger partial charge in [-0.05, 0) is 42.0 Å². The van der Waals surface area contributed by atoms with Crippen molar-refractivity contribution in [1.82, 2.24) is 0 Å². The van der Waals surface area contributed by atoms with E-state index < -0.39 is 0 Å². The molecule has 0 unspecified atom stereocenters. The monoisotopic (exact) mass is 436 g/mol. The molecule has 0 radical (unpaired) electrons. The van der Waals surface area contributed by atoms with Crippen molar-refractivity contribution in [2.24, 2.45) is 0 Å². The summed E-state index contributed by atoms with van der Waals surface area (Å²) < 4.78 is 6.28. The van der Waals surface area contributed by atoms with E-state index in [0.29, 0.717) is 29.1 Å². The summed E-state index contributed by atoms with van der Waals surface area (Å²) in [5.74, 6) is 0.213. The number of ether oxygens (including phenoxy) is 1. The number of fused-ring (bicyclic) bond motifs is 1. The zero-order valence-electron chi connectivity index (χ0n) is 15.1. The summed E-state index contributed by atoms with van der Waals surface area (Å²) in [4.78, 5) is 26.9. The van der Waals surface area contributed by atoms with Crippen molar-refractivity contribution in [3.8, 4) is 5.75 Å². The normalized spacial score (nSPS) is 12.6. The number of hydrogen-bond acceptors (Lipinski definition) is 3. The Morgan fingerprint density at radius 1 is 1.07 bits per heavy atom. The van der Waals surface area contributed by atoms with Crippen molar-refractivity contribution >= 4 is 39.1 Å². The molecule has 0 spiro atoms. The fraction of sp³-hybridized carbons (Fsp3) is 0.0909. The first-order valence-electron chi connectivity index (χ1n) is 8.71. The maximum atomic E-state index is 12.7. The number of hydrogen-bond donors (Lipinski definition) is 1. The van der Waals surface area contributed by atoms with Gasteiger partial charge in [-0.25, -0.2) is 0 Å². The molecule has 1 aliphatic rings. The fourth-order valence-corrected chi connectivity index (χ4v) is 3.64. The molecule has 1 N–H and O–H groups in total. The second kappa shape index (κ2) is 7.48. The van der Waals surface area contributed by atoms with Crippen molar-refractivity contribution in [3.05, 3.63) is 87.9 Å². The molecule has 0 aliphatic carbocycles.